The molecule has 118 valence electrons. The normalized spacial score (nSPS) is 17.4. The van der Waals surface area contributed by atoms with Gasteiger partial charge in [0.25, 0.3) is 12.3 Å². The van der Waals surface area contributed by atoms with Crippen molar-refractivity contribution in [3.8, 4) is 0 Å². The Kier molecular flexibility index (Phi) is 4.96. The molecule has 1 aliphatic rings. The highest BCUT2D eigenvalue weighted by atomic mass is 19.3. The van der Waals surface area contributed by atoms with E-state index >= 15 is 0 Å². The van der Waals surface area contributed by atoms with Crippen molar-refractivity contribution < 1.29 is 13.6 Å². The molecule has 1 fully saturated rings. The van der Waals surface area contributed by atoms with Crippen LogP contribution in [0, 0.1) is 19.8 Å². The zero-order valence-corrected chi connectivity index (χ0v) is 12.8. The fourth-order valence-electron chi connectivity index (χ4n) is 3.19. The molecule has 2 rings (SSSR count). The molecule has 1 N–H and O–H groups in total. The second-order valence-corrected chi connectivity index (χ2v) is 5.93. The molecule has 0 bridgehead atoms. The zero-order valence-electron chi connectivity index (χ0n) is 12.8. The Hall–Kier alpha value is -1.46. The van der Waals surface area contributed by atoms with Crippen LogP contribution in [-0.2, 0) is 6.54 Å². The summed E-state index contributed by atoms with van der Waals surface area (Å²) in [5.41, 5.74) is 1.44. The number of nitrogens with one attached hydrogen (secondary N) is 1. The molecule has 4 nitrogen and oxygen atoms in total. The third-order valence-corrected chi connectivity index (χ3v) is 4.39. The lowest BCUT2D eigenvalue weighted by Gasteiger charge is -2.20. The SMILES string of the molecule is Cc1nn(CC(F)F)c(C)c1C(=O)N[C@@H](C)C1CCCC1. The fraction of sp³-hybridized carbons (Fsp3) is 0.733. The Morgan fingerprint density at radius 1 is 1.38 bits per heavy atom. The Bertz CT molecular complexity index is 507. The predicted octanol–water partition coefficient (Wildman–Crippen LogP) is 3.07. The summed E-state index contributed by atoms with van der Waals surface area (Å²) < 4.78 is 26.2. The molecular formula is C15H23F2N3O. The summed E-state index contributed by atoms with van der Waals surface area (Å²) in [6.07, 6.45) is 2.25. The maximum Gasteiger partial charge on any atom is 0.257 e. The maximum absolute atomic E-state index is 12.5. The van der Waals surface area contributed by atoms with Gasteiger partial charge in [-0.05, 0) is 39.5 Å². The largest absolute Gasteiger partial charge is 0.349 e. The molecule has 1 heterocycles. The number of aryl methyl sites for hydroxylation is 1. The molecule has 0 spiro atoms. The Labute approximate surface area is 123 Å². The highest BCUT2D eigenvalue weighted by molar-refractivity contribution is 5.96. The molecule has 1 aliphatic carbocycles. The number of alkyl halides is 2. The van der Waals surface area contributed by atoms with Gasteiger partial charge in [-0.2, -0.15) is 5.10 Å². The third kappa shape index (κ3) is 3.60. The Morgan fingerprint density at radius 2 is 2.00 bits per heavy atom. The van der Waals surface area contributed by atoms with E-state index in [1.54, 1.807) is 13.8 Å². The second-order valence-electron chi connectivity index (χ2n) is 5.93. The van der Waals surface area contributed by atoms with Crippen molar-refractivity contribution in [3.05, 3.63) is 17.0 Å². The van der Waals surface area contributed by atoms with Gasteiger partial charge in [-0.25, -0.2) is 8.78 Å². The van der Waals surface area contributed by atoms with E-state index in [0.29, 0.717) is 22.9 Å². The van der Waals surface area contributed by atoms with E-state index in [1.165, 1.54) is 17.5 Å². The van der Waals surface area contributed by atoms with Gasteiger partial charge in [0.1, 0.15) is 6.54 Å². The summed E-state index contributed by atoms with van der Waals surface area (Å²) in [5, 5.41) is 7.06. The minimum Gasteiger partial charge on any atom is -0.349 e. The maximum atomic E-state index is 12.5. The lowest BCUT2D eigenvalue weighted by Crippen LogP contribution is -2.37. The molecule has 1 aromatic rings. The molecule has 0 aromatic carbocycles. The van der Waals surface area contributed by atoms with Crippen LogP contribution in [-0.4, -0.2) is 28.2 Å². The number of nitrogens with zero attached hydrogens (tertiary/aromatic N) is 2. The second kappa shape index (κ2) is 6.54. The van der Waals surface area contributed by atoms with Crippen molar-refractivity contribution in [2.24, 2.45) is 5.92 Å². The van der Waals surface area contributed by atoms with Gasteiger partial charge in [-0.3, -0.25) is 9.48 Å². The first-order chi connectivity index (χ1) is 9.90. The Morgan fingerprint density at radius 3 is 2.57 bits per heavy atom. The van der Waals surface area contributed by atoms with Crippen molar-refractivity contribution in [2.45, 2.75) is 65.5 Å². The van der Waals surface area contributed by atoms with Crippen LogP contribution in [0.5, 0.6) is 0 Å². The standard InChI is InChI=1S/C15H23F2N3O/c1-9(12-6-4-5-7-12)18-15(21)14-10(2)19-20(11(14)3)8-13(16)17/h9,12-13H,4-8H2,1-3H3,(H,18,21)/t9-/m0/s1. The van der Waals surface area contributed by atoms with E-state index in [4.69, 9.17) is 0 Å². The molecule has 1 amide bonds. The summed E-state index contributed by atoms with van der Waals surface area (Å²) >= 11 is 0. The van der Waals surface area contributed by atoms with Gasteiger partial charge in [0, 0.05) is 11.7 Å². The number of carbonyl (C=O) groups is 1. The van der Waals surface area contributed by atoms with E-state index in [2.05, 4.69) is 10.4 Å². The van der Waals surface area contributed by atoms with Crippen molar-refractivity contribution in [1.82, 2.24) is 15.1 Å². The van der Waals surface area contributed by atoms with Crippen LogP contribution in [0.1, 0.15) is 54.4 Å². The number of amides is 1. The number of aromatic nitrogens is 2. The van der Waals surface area contributed by atoms with Gasteiger partial charge in [0.2, 0.25) is 0 Å². The van der Waals surface area contributed by atoms with E-state index in [9.17, 15) is 13.6 Å². The van der Waals surface area contributed by atoms with Crippen LogP contribution in [0.3, 0.4) is 0 Å². The number of hydrogen-bond donors (Lipinski definition) is 1. The van der Waals surface area contributed by atoms with Gasteiger partial charge >= 0.3 is 0 Å². The van der Waals surface area contributed by atoms with Crippen molar-refractivity contribution in [3.63, 3.8) is 0 Å². The van der Waals surface area contributed by atoms with Crippen LogP contribution in [0.15, 0.2) is 0 Å². The van der Waals surface area contributed by atoms with Gasteiger partial charge in [-0.1, -0.05) is 12.8 Å². The summed E-state index contributed by atoms with van der Waals surface area (Å²) in [4.78, 5) is 12.4. The quantitative estimate of drug-likeness (QED) is 0.908. The van der Waals surface area contributed by atoms with E-state index in [1.807, 2.05) is 6.92 Å². The topological polar surface area (TPSA) is 46.9 Å². The zero-order chi connectivity index (χ0) is 15.6. The van der Waals surface area contributed by atoms with Crippen molar-refractivity contribution in [1.29, 1.82) is 0 Å². The molecule has 6 heteroatoms. The van der Waals surface area contributed by atoms with Crippen molar-refractivity contribution in [2.75, 3.05) is 0 Å². The van der Waals surface area contributed by atoms with Crippen LogP contribution in [0.2, 0.25) is 0 Å². The molecule has 0 radical (unpaired) electrons. The van der Waals surface area contributed by atoms with Gasteiger partial charge in [-0.15, -0.1) is 0 Å². The summed E-state index contributed by atoms with van der Waals surface area (Å²) in [6, 6.07) is 0.109. The monoisotopic (exact) mass is 299 g/mol. The smallest absolute Gasteiger partial charge is 0.257 e. The van der Waals surface area contributed by atoms with Crippen LogP contribution in [0.4, 0.5) is 8.78 Å². The highest BCUT2D eigenvalue weighted by Crippen LogP contribution is 2.27. The van der Waals surface area contributed by atoms with E-state index < -0.39 is 13.0 Å². The summed E-state index contributed by atoms with van der Waals surface area (Å²) in [6.45, 7) is 4.89. The lowest BCUT2D eigenvalue weighted by molar-refractivity contribution is 0.0924. The number of halogens is 2. The Balaban J connectivity index is 2.09. The molecule has 0 aliphatic heterocycles. The predicted molar refractivity (Wildman–Crippen MR) is 76.6 cm³/mol. The number of hydrogen-bond acceptors (Lipinski definition) is 2. The first kappa shape index (κ1) is 15.9. The molecule has 1 saturated carbocycles. The minimum atomic E-state index is -2.48. The molecule has 21 heavy (non-hydrogen) atoms. The molecular weight excluding hydrogens is 276 g/mol. The third-order valence-electron chi connectivity index (χ3n) is 4.39. The first-order valence-electron chi connectivity index (χ1n) is 7.53. The average molecular weight is 299 g/mol. The fourth-order valence-corrected chi connectivity index (χ4v) is 3.19. The average Bonchev–Trinajstić information content (AvgIpc) is 2.98. The van der Waals surface area contributed by atoms with Crippen LogP contribution >= 0.6 is 0 Å². The van der Waals surface area contributed by atoms with Crippen molar-refractivity contribution >= 4 is 5.91 Å². The van der Waals surface area contributed by atoms with Gasteiger partial charge in [0.05, 0.1) is 11.3 Å². The molecule has 1 aromatic heterocycles. The van der Waals surface area contributed by atoms with Crippen LogP contribution < -0.4 is 5.32 Å². The number of rotatable bonds is 5. The molecule has 0 saturated heterocycles. The lowest BCUT2D eigenvalue weighted by atomic mass is 9.99. The number of carbonyl (C=O) groups excluding carboxylic acids is 1. The molecule has 1 atom stereocenters. The van der Waals surface area contributed by atoms with Gasteiger partial charge in [0.15, 0.2) is 0 Å². The summed E-state index contributed by atoms with van der Waals surface area (Å²) in [5.74, 6) is 0.315. The minimum absolute atomic E-state index is 0.109. The van der Waals surface area contributed by atoms with E-state index in [0.717, 1.165) is 12.8 Å². The highest BCUT2D eigenvalue weighted by Gasteiger charge is 2.26. The molecule has 0 unspecified atom stereocenters. The van der Waals surface area contributed by atoms with Gasteiger partial charge < -0.3 is 5.32 Å². The summed E-state index contributed by atoms with van der Waals surface area (Å²) in [7, 11) is 0. The van der Waals surface area contributed by atoms with Crippen LogP contribution in [0.25, 0.3) is 0 Å². The first-order valence-corrected chi connectivity index (χ1v) is 7.53. The van der Waals surface area contributed by atoms with E-state index in [-0.39, 0.29) is 11.9 Å².